The van der Waals surface area contributed by atoms with Crippen LogP contribution in [-0.2, 0) is 0 Å². The summed E-state index contributed by atoms with van der Waals surface area (Å²) in [7, 11) is 1.48. The van der Waals surface area contributed by atoms with Crippen molar-refractivity contribution in [3.8, 4) is 11.5 Å². The summed E-state index contributed by atoms with van der Waals surface area (Å²) in [5.74, 6) is -0.369. The molecule has 0 aliphatic rings. The van der Waals surface area contributed by atoms with Crippen LogP contribution in [0.3, 0.4) is 0 Å². The van der Waals surface area contributed by atoms with Gasteiger partial charge in [0.2, 0.25) is 0 Å². The quantitative estimate of drug-likeness (QED) is 0.761. The lowest BCUT2D eigenvalue weighted by Crippen LogP contribution is -2.21. The van der Waals surface area contributed by atoms with Crippen molar-refractivity contribution in [2.24, 2.45) is 0 Å². The Labute approximate surface area is 110 Å². The zero-order valence-corrected chi connectivity index (χ0v) is 11.0. The van der Waals surface area contributed by atoms with E-state index in [1.165, 1.54) is 19.2 Å². The van der Waals surface area contributed by atoms with Gasteiger partial charge in [-0.3, -0.25) is 4.79 Å². The molecule has 0 spiro atoms. The molecular formula is C12H16ClNO4. The fourth-order valence-electron chi connectivity index (χ4n) is 1.28. The van der Waals surface area contributed by atoms with E-state index >= 15 is 0 Å². The van der Waals surface area contributed by atoms with Gasteiger partial charge in [0, 0.05) is 13.1 Å². The number of phenolic OH excluding ortho intramolecular Hbond substituents is 1. The SMILES string of the molecule is CC[C@H](O)COc1cc(O)c(Cl)cc1C(=O)NC. The molecule has 100 valence electrons. The largest absolute Gasteiger partial charge is 0.506 e. The van der Waals surface area contributed by atoms with Crippen molar-refractivity contribution >= 4 is 17.5 Å². The number of aromatic hydroxyl groups is 1. The molecule has 1 rings (SSSR count). The number of aliphatic hydroxyl groups excluding tert-OH is 1. The second-order valence-corrected chi connectivity index (χ2v) is 4.16. The van der Waals surface area contributed by atoms with Crippen LogP contribution in [0.15, 0.2) is 12.1 Å². The van der Waals surface area contributed by atoms with Crippen LogP contribution in [0, 0.1) is 0 Å². The number of ether oxygens (including phenoxy) is 1. The van der Waals surface area contributed by atoms with E-state index in [0.29, 0.717) is 6.42 Å². The molecule has 0 aliphatic carbocycles. The number of rotatable bonds is 5. The summed E-state index contributed by atoms with van der Waals surface area (Å²) in [5, 5.41) is 21.4. The van der Waals surface area contributed by atoms with Gasteiger partial charge in [-0.05, 0) is 12.5 Å². The van der Waals surface area contributed by atoms with Gasteiger partial charge in [0.25, 0.3) is 5.91 Å². The van der Waals surface area contributed by atoms with Crippen LogP contribution in [0.2, 0.25) is 5.02 Å². The van der Waals surface area contributed by atoms with Crippen molar-refractivity contribution in [1.29, 1.82) is 0 Å². The first-order valence-corrected chi connectivity index (χ1v) is 5.92. The molecule has 0 saturated carbocycles. The smallest absolute Gasteiger partial charge is 0.254 e. The number of benzene rings is 1. The minimum absolute atomic E-state index is 0.0432. The predicted octanol–water partition coefficient (Wildman–Crippen LogP) is 1.55. The Hall–Kier alpha value is -1.46. The highest BCUT2D eigenvalue weighted by atomic mass is 35.5. The molecule has 0 bridgehead atoms. The van der Waals surface area contributed by atoms with Crippen molar-refractivity contribution in [3.63, 3.8) is 0 Å². The van der Waals surface area contributed by atoms with Crippen LogP contribution >= 0.6 is 11.6 Å². The maximum absolute atomic E-state index is 11.6. The summed E-state index contributed by atoms with van der Waals surface area (Å²) < 4.78 is 5.32. The average molecular weight is 274 g/mol. The highest BCUT2D eigenvalue weighted by Crippen LogP contribution is 2.31. The van der Waals surface area contributed by atoms with Gasteiger partial charge in [-0.15, -0.1) is 0 Å². The number of halogens is 1. The molecule has 0 saturated heterocycles. The van der Waals surface area contributed by atoms with E-state index in [-0.39, 0.29) is 34.6 Å². The molecule has 0 aromatic heterocycles. The molecule has 0 aliphatic heterocycles. The summed E-state index contributed by atoms with van der Waals surface area (Å²) in [6.07, 6.45) is -0.0881. The lowest BCUT2D eigenvalue weighted by Gasteiger charge is -2.14. The predicted molar refractivity (Wildman–Crippen MR) is 68.3 cm³/mol. The van der Waals surface area contributed by atoms with E-state index in [2.05, 4.69) is 5.32 Å². The number of amides is 1. The van der Waals surface area contributed by atoms with Gasteiger partial charge in [-0.2, -0.15) is 0 Å². The maximum Gasteiger partial charge on any atom is 0.254 e. The number of carbonyl (C=O) groups is 1. The third kappa shape index (κ3) is 3.51. The number of nitrogens with one attached hydrogen (secondary N) is 1. The molecule has 0 unspecified atom stereocenters. The molecular weight excluding hydrogens is 258 g/mol. The van der Waals surface area contributed by atoms with Crippen LogP contribution in [0.1, 0.15) is 23.7 Å². The third-order valence-corrected chi connectivity index (χ3v) is 2.73. The topological polar surface area (TPSA) is 78.8 Å². The van der Waals surface area contributed by atoms with Crippen LogP contribution in [0.4, 0.5) is 0 Å². The van der Waals surface area contributed by atoms with Gasteiger partial charge in [0.1, 0.15) is 18.1 Å². The molecule has 3 N–H and O–H groups in total. The minimum Gasteiger partial charge on any atom is -0.506 e. The van der Waals surface area contributed by atoms with Crippen LogP contribution in [0.5, 0.6) is 11.5 Å². The molecule has 1 atom stereocenters. The molecule has 18 heavy (non-hydrogen) atoms. The van der Waals surface area contributed by atoms with Gasteiger partial charge < -0.3 is 20.3 Å². The first-order valence-electron chi connectivity index (χ1n) is 5.55. The van der Waals surface area contributed by atoms with Crippen LogP contribution in [0.25, 0.3) is 0 Å². The molecule has 1 aromatic rings. The van der Waals surface area contributed by atoms with Crippen molar-refractivity contribution in [3.05, 3.63) is 22.7 Å². The molecule has 0 radical (unpaired) electrons. The normalized spacial score (nSPS) is 12.0. The van der Waals surface area contributed by atoms with Crippen LogP contribution in [-0.4, -0.2) is 35.9 Å². The molecule has 1 aromatic carbocycles. The summed E-state index contributed by atoms with van der Waals surface area (Å²) in [6.45, 7) is 1.86. The Bertz CT molecular complexity index is 436. The second-order valence-electron chi connectivity index (χ2n) is 3.75. The second kappa shape index (κ2) is 6.47. The monoisotopic (exact) mass is 273 g/mol. The number of carbonyl (C=O) groups excluding carboxylic acids is 1. The summed E-state index contributed by atoms with van der Waals surface area (Å²) in [4.78, 5) is 11.6. The average Bonchev–Trinajstić information content (AvgIpc) is 2.38. The molecule has 1 amide bonds. The first-order chi connectivity index (χ1) is 8.49. The Morgan fingerprint density at radius 1 is 1.56 bits per heavy atom. The zero-order valence-electron chi connectivity index (χ0n) is 10.2. The lowest BCUT2D eigenvalue weighted by atomic mass is 10.1. The number of phenols is 1. The van der Waals surface area contributed by atoms with E-state index in [1.807, 2.05) is 6.92 Å². The highest BCUT2D eigenvalue weighted by molar-refractivity contribution is 6.32. The van der Waals surface area contributed by atoms with Crippen molar-refractivity contribution < 1.29 is 19.7 Å². The van der Waals surface area contributed by atoms with Gasteiger partial charge in [-0.25, -0.2) is 0 Å². The van der Waals surface area contributed by atoms with Gasteiger partial charge in [-0.1, -0.05) is 18.5 Å². The first kappa shape index (κ1) is 14.6. The van der Waals surface area contributed by atoms with Gasteiger partial charge in [0.05, 0.1) is 16.7 Å². The zero-order chi connectivity index (χ0) is 13.7. The Balaban J connectivity index is 3.00. The van der Waals surface area contributed by atoms with Crippen molar-refractivity contribution in [2.45, 2.75) is 19.4 Å². The van der Waals surface area contributed by atoms with Gasteiger partial charge >= 0.3 is 0 Å². The molecule has 5 nitrogen and oxygen atoms in total. The summed E-state index contributed by atoms with van der Waals surface area (Å²) in [6, 6.07) is 2.58. The maximum atomic E-state index is 11.6. The lowest BCUT2D eigenvalue weighted by molar-refractivity contribution is 0.0929. The number of hydrogen-bond acceptors (Lipinski definition) is 4. The van der Waals surface area contributed by atoms with E-state index in [1.54, 1.807) is 0 Å². The standard InChI is InChI=1S/C12H16ClNO4/c1-3-7(15)6-18-11-5-10(16)9(13)4-8(11)12(17)14-2/h4-5,7,15-16H,3,6H2,1-2H3,(H,14,17)/t7-/m0/s1. The number of hydrogen-bond donors (Lipinski definition) is 3. The molecule has 0 heterocycles. The van der Waals surface area contributed by atoms with Crippen LogP contribution < -0.4 is 10.1 Å². The van der Waals surface area contributed by atoms with Crippen molar-refractivity contribution in [1.82, 2.24) is 5.32 Å². The van der Waals surface area contributed by atoms with Gasteiger partial charge in [0.15, 0.2) is 0 Å². The van der Waals surface area contributed by atoms with E-state index in [9.17, 15) is 15.0 Å². The Kier molecular flexibility index (Phi) is 5.25. The van der Waals surface area contributed by atoms with E-state index in [0.717, 1.165) is 0 Å². The third-order valence-electron chi connectivity index (χ3n) is 2.42. The Morgan fingerprint density at radius 2 is 2.22 bits per heavy atom. The molecule has 6 heteroatoms. The fraction of sp³-hybridized carbons (Fsp3) is 0.417. The minimum atomic E-state index is -0.625. The summed E-state index contributed by atoms with van der Waals surface area (Å²) in [5.41, 5.74) is 0.212. The van der Waals surface area contributed by atoms with Crippen molar-refractivity contribution in [2.75, 3.05) is 13.7 Å². The number of aliphatic hydroxyl groups is 1. The van der Waals surface area contributed by atoms with E-state index < -0.39 is 6.10 Å². The van der Waals surface area contributed by atoms with E-state index in [4.69, 9.17) is 16.3 Å². The fourth-order valence-corrected chi connectivity index (χ4v) is 1.44. The molecule has 0 fully saturated rings. The highest BCUT2D eigenvalue weighted by Gasteiger charge is 2.16. The Morgan fingerprint density at radius 3 is 2.78 bits per heavy atom. The summed E-state index contributed by atoms with van der Waals surface area (Å²) >= 11 is 5.74.